The van der Waals surface area contributed by atoms with Crippen molar-refractivity contribution in [1.82, 2.24) is 5.32 Å². The Morgan fingerprint density at radius 3 is 2.44 bits per heavy atom. The number of hydrogen-bond acceptors (Lipinski definition) is 3. The van der Waals surface area contributed by atoms with E-state index in [2.05, 4.69) is 11.4 Å². The SMILES string of the molecule is Cc1cc(C)cc(OCCNC(=O)/C(C#N)=C/c2ccc(Cl)cc2)c1. The molecular weight excluding hydrogens is 336 g/mol. The fourth-order valence-corrected chi connectivity index (χ4v) is 2.45. The number of nitrogens with one attached hydrogen (secondary N) is 1. The van der Waals surface area contributed by atoms with E-state index in [0.717, 1.165) is 22.4 Å². The Morgan fingerprint density at radius 2 is 1.84 bits per heavy atom. The number of benzene rings is 2. The van der Waals surface area contributed by atoms with Crippen LogP contribution < -0.4 is 10.1 Å². The molecule has 0 radical (unpaired) electrons. The zero-order chi connectivity index (χ0) is 18.2. The van der Waals surface area contributed by atoms with Gasteiger partial charge in [0, 0.05) is 5.02 Å². The molecular formula is C20H19ClN2O2. The van der Waals surface area contributed by atoms with E-state index in [0.29, 0.717) is 18.2 Å². The Hall–Kier alpha value is -2.77. The molecule has 25 heavy (non-hydrogen) atoms. The van der Waals surface area contributed by atoms with Gasteiger partial charge in [-0.2, -0.15) is 5.26 Å². The van der Waals surface area contributed by atoms with Crippen molar-refractivity contribution >= 4 is 23.6 Å². The molecule has 0 spiro atoms. The number of halogens is 1. The second-order valence-corrected chi connectivity index (χ2v) is 6.09. The molecule has 0 saturated heterocycles. The quantitative estimate of drug-likeness (QED) is 0.483. The molecule has 0 bridgehead atoms. The summed E-state index contributed by atoms with van der Waals surface area (Å²) in [5.41, 5.74) is 3.02. The van der Waals surface area contributed by atoms with E-state index in [1.807, 2.05) is 32.0 Å². The highest BCUT2D eigenvalue weighted by molar-refractivity contribution is 6.30. The minimum Gasteiger partial charge on any atom is -0.492 e. The van der Waals surface area contributed by atoms with Crippen molar-refractivity contribution in [3.63, 3.8) is 0 Å². The molecule has 0 saturated carbocycles. The summed E-state index contributed by atoms with van der Waals surface area (Å²) in [6.07, 6.45) is 1.52. The largest absolute Gasteiger partial charge is 0.492 e. The fourth-order valence-electron chi connectivity index (χ4n) is 2.32. The molecule has 1 amide bonds. The number of hydrogen-bond donors (Lipinski definition) is 1. The number of carbonyl (C=O) groups is 1. The van der Waals surface area contributed by atoms with Crippen LogP contribution in [0, 0.1) is 25.2 Å². The lowest BCUT2D eigenvalue weighted by Crippen LogP contribution is -2.29. The van der Waals surface area contributed by atoms with Crippen molar-refractivity contribution in [2.75, 3.05) is 13.2 Å². The van der Waals surface area contributed by atoms with E-state index in [1.165, 1.54) is 6.08 Å². The Labute approximate surface area is 152 Å². The Kier molecular flexibility index (Phi) is 6.62. The van der Waals surface area contributed by atoms with E-state index in [4.69, 9.17) is 16.3 Å². The lowest BCUT2D eigenvalue weighted by atomic mass is 10.1. The van der Waals surface area contributed by atoms with Crippen molar-refractivity contribution in [2.45, 2.75) is 13.8 Å². The summed E-state index contributed by atoms with van der Waals surface area (Å²) in [7, 11) is 0. The van der Waals surface area contributed by atoms with Crippen LogP contribution in [-0.2, 0) is 4.79 Å². The monoisotopic (exact) mass is 354 g/mol. The van der Waals surface area contributed by atoms with Gasteiger partial charge in [-0.3, -0.25) is 4.79 Å². The third kappa shape index (κ3) is 5.98. The first-order chi connectivity index (χ1) is 12.0. The minimum atomic E-state index is -0.429. The van der Waals surface area contributed by atoms with Crippen molar-refractivity contribution in [3.8, 4) is 11.8 Å². The van der Waals surface area contributed by atoms with E-state index in [-0.39, 0.29) is 5.57 Å². The summed E-state index contributed by atoms with van der Waals surface area (Å²) in [6, 6.07) is 14.8. The van der Waals surface area contributed by atoms with Gasteiger partial charge in [0.1, 0.15) is 24.0 Å². The van der Waals surface area contributed by atoms with Crippen LogP contribution in [0.2, 0.25) is 5.02 Å². The fraction of sp³-hybridized carbons (Fsp3) is 0.200. The molecule has 0 aliphatic carbocycles. The highest BCUT2D eigenvalue weighted by Crippen LogP contribution is 2.16. The number of nitrogens with zero attached hydrogens (tertiary/aromatic N) is 1. The van der Waals surface area contributed by atoms with Gasteiger partial charge in [-0.1, -0.05) is 29.8 Å². The van der Waals surface area contributed by atoms with Crippen LogP contribution in [0.3, 0.4) is 0 Å². The van der Waals surface area contributed by atoms with Crippen molar-refractivity contribution in [2.24, 2.45) is 0 Å². The second-order valence-electron chi connectivity index (χ2n) is 5.65. The zero-order valence-electron chi connectivity index (χ0n) is 14.2. The third-order valence-electron chi connectivity index (χ3n) is 3.40. The highest BCUT2D eigenvalue weighted by atomic mass is 35.5. The summed E-state index contributed by atoms with van der Waals surface area (Å²) in [5.74, 6) is 0.338. The summed E-state index contributed by atoms with van der Waals surface area (Å²) >= 11 is 5.82. The van der Waals surface area contributed by atoms with Crippen LogP contribution in [0.25, 0.3) is 6.08 Å². The highest BCUT2D eigenvalue weighted by Gasteiger charge is 2.08. The van der Waals surface area contributed by atoms with Crippen molar-refractivity contribution in [1.29, 1.82) is 5.26 Å². The van der Waals surface area contributed by atoms with Gasteiger partial charge in [-0.25, -0.2) is 0 Å². The lowest BCUT2D eigenvalue weighted by Gasteiger charge is -2.09. The number of amides is 1. The lowest BCUT2D eigenvalue weighted by molar-refractivity contribution is -0.117. The molecule has 0 heterocycles. The molecule has 0 aliphatic rings. The molecule has 1 N–H and O–H groups in total. The number of ether oxygens (including phenoxy) is 1. The smallest absolute Gasteiger partial charge is 0.262 e. The first kappa shape index (κ1) is 18.6. The van der Waals surface area contributed by atoms with E-state index >= 15 is 0 Å². The average molecular weight is 355 g/mol. The summed E-state index contributed by atoms with van der Waals surface area (Å²) in [5, 5.41) is 12.5. The molecule has 5 heteroatoms. The van der Waals surface area contributed by atoms with Crippen LogP contribution in [-0.4, -0.2) is 19.1 Å². The molecule has 2 aromatic rings. The van der Waals surface area contributed by atoms with Gasteiger partial charge in [0.05, 0.1) is 6.54 Å². The predicted octanol–water partition coefficient (Wildman–Crippen LogP) is 4.06. The maximum Gasteiger partial charge on any atom is 0.262 e. The van der Waals surface area contributed by atoms with Gasteiger partial charge in [0.25, 0.3) is 5.91 Å². The molecule has 2 aromatic carbocycles. The van der Waals surface area contributed by atoms with Crippen LogP contribution in [0.1, 0.15) is 16.7 Å². The minimum absolute atomic E-state index is 0.0359. The maximum atomic E-state index is 12.1. The van der Waals surface area contributed by atoms with E-state index < -0.39 is 5.91 Å². The van der Waals surface area contributed by atoms with Gasteiger partial charge in [0.2, 0.25) is 0 Å². The van der Waals surface area contributed by atoms with Gasteiger partial charge in [0.15, 0.2) is 0 Å². The van der Waals surface area contributed by atoms with Crippen LogP contribution >= 0.6 is 11.6 Å². The summed E-state index contributed by atoms with van der Waals surface area (Å²) in [4.78, 5) is 12.1. The van der Waals surface area contributed by atoms with Gasteiger partial charge in [-0.05, 0) is 60.9 Å². The van der Waals surface area contributed by atoms with Crippen LogP contribution in [0.15, 0.2) is 48.0 Å². The Morgan fingerprint density at radius 1 is 1.20 bits per heavy atom. The van der Waals surface area contributed by atoms with Crippen LogP contribution in [0.5, 0.6) is 5.75 Å². The molecule has 0 atom stereocenters. The standard InChI is InChI=1S/C20H19ClN2O2/c1-14-9-15(2)11-19(10-14)25-8-7-23-20(24)17(13-22)12-16-3-5-18(21)6-4-16/h3-6,9-12H,7-8H2,1-2H3,(H,23,24)/b17-12+. The van der Waals surface area contributed by atoms with E-state index in [9.17, 15) is 10.1 Å². The van der Waals surface area contributed by atoms with Gasteiger partial charge >= 0.3 is 0 Å². The number of rotatable bonds is 6. The molecule has 128 valence electrons. The van der Waals surface area contributed by atoms with Crippen molar-refractivity contribution in [3.05, 3.63) is 69.8 Å². The number of nitriles is 1. The molecule has 0 aliphatic heterocycles. The summed E-state index contributed by atoms with van der Waals surface area (Å²) < 4.78 is 5.63. The Balaban J connectivity index is 1.87. The zero-order valence-corrected chi connectivity index (χ0v) is 14.9. The first-order valence-electron chi connectivity index (χ1n) is 7.84. The van der Waals surface area contributed by atoms with E-state index in [1.54, 1.807) is 24.3 Å². The molecule has 0 unspecified atom stereocenters. The van der Waals surface area contributed by atoms with Gasteiger partial charge in [-0.15, -0.1) is 0 Å². The molecule has 0 aromatic heterocycles. The first-order valence-corrected chi connectivity index (χ1v) is 8.22. The normalized spacial score (nSPS) is 10.9. The Bertz CT molecular complexity index is 800. The average Bonchev–Trinajstić information content (AvgIpc) is 2.57. The molecule has 0 fully saturated rings. The third-order valence-corrected chi connectivity index (χ3v) is 3.65. The summed E-state index contributed by atoms with van der Waals surface area (Å²) in [6.45, 7) is 4.64. The number of carbonyl (C=O) groups excluding carboxylic acids is 1. The number of aryl methyl sites for hydroxylation is 2. The second kappa shape index (κ2) is 8.91. The van der Waals surface area contributed by atoms with Crippen LogP contribution in [0.4, 0.5) is 0 Å². The molecule has 4 nitrogen and oxygen atoms in total. The maximum absolute atomic E-state index is 12.1. The topological polar surface area (TPSA) is 62.1 Å². The predicted molar refractivity (Wildman–Crippen MR) is 99.5 cm³/mol. The molecule has 2 rings (SSSR count). The van der Waals surface area contributed by atoms with Gasteiger partial charge < -0.3 is 10.1 Å². The van der Waals surface area contributed by atoms with Crippen molar-refractivity contribution < 1.29 is 9.53 Å².